The third-order valence-electron chi connectivity index (χ3n) is 4.66. The minimum Gasteiger partial charge on any atom is -0.361 e. The van der Waals surface area contributed by atoms with Gasteiger partial charge in [0.15, 0.2) is 0 Å². The number of H-pyrrole nitrogens is 1. The highest BCUT2D eigenvalue weighted by atomic mass is 16.1. The molecule has 3 N–H and O–H groups in total. The predicted octanol–water partition coefficient (Wildman–Crippen LogP) is 3.86. The summed E-state index contributed by atoms with van der Waals surface area (Å²) in [5.41, 5.74) is 6.88. The molecule has 0 fully saturated rings. The van der Waals surface area contributed by atoms with Crippen LogP contribution in [0, 0.1) is 20.8 Å². The second-order valence-corrected chi connectivity index (χ2v) is 6.59. The number of anilines is 1. The lowest BCUT2D eigenvalue weighted by molar-refractivity contribution is -0.115. The Hall–Kier alpha value is -2.59. The number of aryl methyl sites for hydroxylation is 2. The lowest BCUT2D eigenvalue weighted by Gasteiger charge is -2.11. The first-order valence-corrected chi connectivity index (χ1v) is 8.68. The Morgan fingerprint density at radius 2 is 1.96 bits per heavy atom. The number of aromatic amines is 1. The van der Waals surface area contributed by atoms with E-state index in [1.54, 1.807) is 0 Å². The summed E-state index contributed by atoms with van der Waals surface area (Å²) >= 11 is 0. The molecule has 0 aliphatic heterocycles. The van der Waals surface area contributed by atoms with E-state index in [4.69, 9.17) is 0 Å². The first-order chi connectivity index (χ1) is 12.0. The lowest BCUT2D eigenvalue weighted by atomic mass is 10.1. The van der Waals surface area contributed by atoms with E-state index in [1.165, 1.54) is 22.1 Å². The van der Waals surface area contributed by atoms with Crippen molar-refractivity contribution in [1.82, 2.24) is 10.3 Å². The molecule has 2 aromatic carbocycles. The highest BCUT2D eigenvalue weighted by Gasteiger charge is 2.07. The third-order valence-corrected chi connectivity index (χ3v) is 4.66. The molecule has 0 radical (unpaired) electrons. The maximum Gasteiger partial charge on any atom is 0.238 e. The smallest absolute Gasteiger partial charge is 0.238 e. The second-order valence-electron chi connectivity index (χ2n) is 6.59. The third kappa shape index (κ3) is 4.09. The van der Waals surface area contributed by atoms with E-state index in [-0.39, 0.29) is 5.91 Å². The zero-order valence-corrected chi connectivity index (χ0v) is 15.1. The molecule has 3 rings (SSSR count). The van der Waals surface area contributed by atoms with E-state index >= 15 is 0 Å². The van der Waals surface area contributed by atoms with Crippen LogP contribution in [0.15, 0.2) is 42.6 Å². The van der Waals surface area contributed by atoms with Gasteiger partial charge in [-0.1, -0.05) is 23.8 Å². The molecule has 4 nitrogen and oxygen atoms in total. The monoisotopic (exact) mass is 335 g/mol. The highest BCUT2D eigenvalue weighted by molar-refractivity contribution is 5.93. The minimum atomic E-state index is -0.0107. The van der Waals surface area contributed by atoms with Crippen LogP contribution in [-0.2, 0) is 11.2 Å². The van der Waals surface area contributed by atoms with Crippen LogP contribution in [0.25, 0.3) is 10.9 Å². The van der Waals surface area contributed by atoms with Crippen molar-refractivity contribution in [3.63, 3.8) is 0 Å². The van der Waals surface area contributed by atoms with E-state index in [0.29, 0.717) is 6.54 Å². The molecule has 4 heteroatoms. The van der Waals surface area contributed by atoms with Crippen molar-refractivity contribution < 1.29 is 4.79 Å². The molecule has 130 valence electrons. The molecule has 0 spiro atoms. The van der Waals surface area contributed by atoms with Gasteiger partial charge in [0.05, 0.1) is 6.54 Å². The molecular weight excluding hydrogens is 310 g/mol. The van der Waals surface area contributed by atoms with Gasteiger partial charge in [0, 0.05) is 22.8 Å². The Kier molecular flexibility index (Phi) is 5.19. The topological polar surface area (TPSA) is 56.9 Å². The first-order valence-electron chi connectivity index (χ1n) is 8.68. The van der Waals surface area contributed by atoms with Crippen LogP contribution in [-0.4, -0.2) is 24.0 Å². The molecule has 1 heterocycles. The Labute approximate surface area is 148 Å². The Balaban J connectivity index is 1.50. The summed E-state index contributed by atoms with van der Waals surface area (Å²) in [6, 6.07) is 12.4. The number of hydrogen-bond acceptors (Lipinski definition) is 2. The molecule has 0 bridgehead atoms. The maximum atomic E-state index is 12.1. The number of fused-ring (bicyclic) bond motifs is 1. The fourth-order valence-electron chi connectivity index (χ4n) is 3.00. The zero-order chi connectivity index (χ0) is 17.8. The van der Waals surface area contributed by atoms with Crippen molar-refractivity contribution in [2.75, 3.05) is 18.4 Å². The van der Waals surface area contributed by atoms with Crippen molar-refractivity contribution in [2.24, 2.45) is 0 Å². The highest BCUT2D eigenvalue weighted by Crippen LogP contribution is 2.20. The standard InChI is InChI=1S/C21H25N3O/c1-14-7-8-20-18(11-14)17(12-23-20)9-10-22-13-21(25)24-19-6-4-5-15(2)16(19)3/h4-8,11-12,22-23H,9-10,13H2,1-3H3,(H,24,25). The molecule has 0 aliphatic rings. The van der Waals surface area contributed by atoms with Gasteiger partial charge in [0.25, 0.3) is 0 Å². The van der Waals surface area contributed by atoms with Crippen LogP contribution in [0.5, 0.6) is 0 Å². The van der Waals surface area contributed by atoms with Gasteiger partial charge in [-0.2, -0.15) is 0 Å². The zero-order valence-electron chi connectivity index (χ0n) is 15.1. The molecule has 0 unspecified atom stereocenters. The second kappa shape index (κ2) is 7.53. The van der Waals surface area contributed by atoms with Crippen LogP contribution >= 0.6 is 0 Å². The summed E-state index contributed by atoms with van der Waals surface area (Å²) in [5, 5.41) is 7.47. The number of carbonyl (C=O) groups excluding carboxylic acids is 1. The quantitative estimate of drug-likeness (QED) is 0.599. The van der Waals surface area contributed by atoms with Crippen molar-refractivity contribution in [2.45, 2.75) is 27.2 Å². The molecule has 1 aromatic heterocycles. The number of nitrogens with one attached hydrogen (secondary N) is 3. The lowest BCUT2D eigenvalue weighted by Crippen LogP contribution is -2.29. The fraction of sp³-hybridized carbons (Fsp3) is 0.286. The number of benzene rings is 2. The number of carbonyl (C=O) groups is 1. The van der Waals surface area contributed by atoms with E-state index in [9.17, 15) is 4.79 Å². The van der Waals surface area contributed by atoms with Crippen molar-refractivity contribution in [3.8, 4) is 0 Å². The van der Waals surface area contributed by atoms with Crippen LogP contribution in [0.3, 0.4) is 0 Å². The molecule has 1 amide bonds. The summed E-state index contributed by atoms with van der Waals surface area (Å²) in [7, 11) is 0. The summed E-state index contributed by atoms with van der Waals surface area (Å²) in [5.74, 6) is -0.0107. The van der Waals surface area contributed by atoms with Crippen LogP contribution in [0.2, 0.25) is 0 Å². The fourth-order valence-corrected chi connectivity index (χ4v) is 3.00. The number of hydrogen-bond donors (Lipinski definition) is 3. The van der Waals surface area contributed by atoms with Gasteiger partial charge in [-0.05, 0) is 68.6 Å². The maximum absolute atomic E-state index is 12.1. The van der Waals surface area contributed by atoms with E-state index in [1.807, 2.05) is 32.0 Å². The van der Waals surface area contributed by atoms with Gasteiger partial charge < -0.3 is 15.6 Å². The van der Waals surface area contributed by atoms with Gasteiger partial charge in [0.1, 0.15) is 0 Å². The minimum absolute atomic E-state index is 0.0107. The van der Waals surface area contributed by atoms with Crippen LogP contribution in [0.1, 0.15) is 22.3 Å². The molecule has 0 saturated heterocycles. The summed E-state index contributed by atoms with van der Waals surface area (Å²) in [6.45, 7) is 7.26. The van der Waals surface area contributed by atoms with E-state index in [0.717, 1.165) is 29.7 Å². The predicted molar refractivity (Wildman–Crippen MR) is 104 cm³/mol. The molecule has 25 heavy (non-hydrogen) atoms. The summed E-state index contributed by atoms with van der Waals surface area (Å²) in [6.07, 6.45) is 2.95. The van der Waals surface area contributed by atoms with Crippen LogP contribution < -0.4 is 10.6 Å². The normalized spacial score (nSPS) is 11.0. The molecular formula is C21H25N3O. The SMILES string of the molecule is Cc1ccc2[nH]cc(CCNCC(=O)Nc3cccc(C)c3C)c2c1. The van der Waals surface area contributed by atoms with Gasteiger partial charge in [-0.25, -0.2) is 0 Å². The van der Waals surface area contributed by atoms with E-state index < -0.39 is 0 Å². The largest absolute Gasteiger partial charge is 0.361 e. The van der Waals surface area contributed by atoms with Gasteiger partial charge >= 0.3 is 0 Å². The number of rotatable bonds is 6. The molecule has 0 aliphatic carbocycles. The van der Waals surface area contributed by atoms with Gasteiger partial charge in [-0.3, -0.25) is 4.79 Å². The Morgan fingerprint density at radius 1 is 1.12 bits per heavy atom. The average Bonchev–Trinajstić information content (AvgIpc) is 2.98. The Bertz CT molecular complexity index is 895. The molecule has 0 atom stereocenters. The van der Waals surface area contributed by atoms with Crippen LogP contribution in [0.4, 0.5) is 5.69 Å². The van der Waals surface area contributed by atoms with E-state index in [2.05, 4.69) is 46.9 Å². The summed E-state index contributed by atoms with van der Waals surface area (Å²) in [4.78, 5) is 15.4. The van der Waals surface area contributed by atoms with Crippen molar-refractivity contribution in [3.05, 3.63) is 64.8 Å². The average molecular weight is 335 g/mol. The summed E-state index contributed by atoms with van der Waals surface area (Å²) < 4.78 is 0. The molecule has 0 saturated carbocycles. The van der Waals surface area contributed by atoms with Gasteiger partial charge in [0.2, 0.25) is 5.91 Å². The Morgan fingerprint density at radius 3 is 2.80 bits per heavy atom. The van der Waals surface area contributed by atoms with Crippen molar-refractivity contribution >= 4 is 22.5 Å². The molecule has 3 aromatic rings. The number of amides is 1. The van der Waals surface area contributed by atoms with Gasteiger partial charge in [-0.15, -0.1) is 0 Å². The first kappa shape index (κ1) is 17.2. The number of aromatic nitrogens is 1. The van der Waals surface area contributed by atoms with Crippen molar-refractivity contribution in [1.29, 1.82) is 0 Å².